The molecule has 0 unspecified atom stereocenters. The van der Waals surface area contributed by atoms with Gasteiger partial charge in [0.15, 0.2) is 5.89 Å². The quantitative estimate of drug-likeness (QED) is 0.667. The SMILES string of the molecule is O=CCc1coc(C2CCCC2)n1. The highest BCUT2D eigenvalue weighted by molar-refractivity contribution is 5.53. The highest BCUT2D eigenvalue weighted by Crippen LogP contribution is 2.33. The van der Waals surface area contributed by atoms with Crippen LogP contribution in [0.5, 0.6) is 0 Å². The van der Waals surface area contributed by atoms with E-state index >= 15 is 0 Å². The molecule has 0 radical (unpaired) electrons. The third kappa shape index (κ3) is 1.79. The van der Waals surface area contributed by atoms with E-state index in [1.807, 2.05) is 0 Å². The van der Waals surface area contributed by atoms with Crippen molar-refractivity contribution in [1.29, 1.82) is 0 Å². The van der Waals surface area contributed by atoms with Crippen LogP contribution in [0.1, 0.15) is 43.2 Å². The van der Waals surface area contributed by atoms with Gasteiger partial charge in [0, 0.05) is 12.3 Å². The maximum absolute atomic E-state index is 10.2. The predicted octanol–water partition coefficient (Wildman–Crippen LogP) is 2.07. The van der Waals surface area contributed by atoms with E-state index in [-0.39, 0.29) is 0 Å². The lowest BCUT2D eigenvalue weighted by Gasteiger charge is -2.00. The van der Waals surface area contributed by atoms with Crippen molar-refractivity contribution < 1.29 is 9.21 Å². The average Bonchev–Trinajstić information content (AvgIpc) is 2.70. The fourth-order valence-corrected chi connectivity index (χ4v) is 1.86. The van der Waals surface area contributed by atoms with Crippen LogP contribution in [0.2, 0.25) is 0 Å². The van der Waals surface area contributed by atoms with E-state index in [1.54, 1.807) is 6.26 Å². The van der Waals surface area contributed by atoms with Gasteiger partial charge in [0.05, 0.1) is 5.69 Å². The second kappa shape index (κ2) is 3.73. The Morgan fingerprint density at radius 2 is 2.31 bits per heavy atom. The number of carbonyl (C=O) groups excluding carboxylic acids is 1. The standard InChI is InChI=1S/C10H13NO2/c12-6-5-9-7-13-10(11-9)8-3-1-2-4-8/h6-8H,1-5H2. The zero-order valence-electron chi connectivity index (χ0n) is 7.53. The lowest BCUT2D eigenvalue weighted by atomic mass is 10.1. The number of rotatable bonds is 3. The topological polar surface area (TPSA) is 43.1 Å². The Labute approximate surface area is 77.2 Å². The van der Waals surface area contributed by atoms with Crippen molar-refractivity contribution in [1.82, 2.24) is 4.98 Å². The molecule has 0 amide bonds. The number of hydrogen-bond acceptors (Lipinski definition) is 3. The summed E-state index contributed by atoms with van der Waals surface area (Å²) >= 11 is 0. The molecule has 1 aromatic rings. The van der Waals surface area contributed by atoms with E-state index in [2.05, 4.69) is 4.98 Å². The maximum atomic E-state index is 10.2. The molecule has 0 saturated heterocycles. The second-order valence-corrected chi connectivity index (χ2v) is 3.53. The zero-order chi connectivity index (χ0) is 9.10. The van der Waals surface area contributed by atoms with Gasteiger partial charge in [-0.2, -0.15) is 0 Å². The van der Waals surface area contributed by atoms with Crippen LogP contribution >= 0.6 is 0 Å². The number of hydrogen-bond donors (Lipinski definition) is 0. The minimum Gasteiger partial charge on any atom is -0.448 e. The molecule has 0 bridgehead atoms. The molecule has 3 nitrogen and oxygen atoms in total. The largest absolute Gasteiger partial charge is 0.448 e. The van der Waals surface area contributed by atoms with Gasteiger partial charge in [-0.05, 0) is 12.8 Å². The van der Waals surface area contributed by atoms with E-state index < -0.39 is 0 Å². The Morgan fingerprint density at radius 3 is 3.00 bits per heavy atom. The molecule has 1 aliphatic rings. The molecule has 0 N–H and O–H groups in total. The van der Waals surface area contributed by atoms with Crippen LogP contribution in [-0.4, -0.2) is 11.3 Å². The normalized spacial score (nSPS) is 17.8. The molecule has 1 fully saturated rings. The van der Waals surface area contributed by atoms with Crippen LogP contribution in [0.3, 0.4) is 0 Å². The lowest BCUT2D eigenvalue weighted by Crippen LogP contribution is -1.93. The molecule has 1 aromatic heterocycles. The number of carbonyl (C=O) groups is 1. The highest BCUT2D eigenvalue weighted by Gasteiger charge is 2.21. The Bertz CT molecular complexity index is 287. The molecule has 1 saturated carbocycles. The summed E-state index contributed by atoms with van der Waals surface area (Å²) < 4.78 is 5.33. The lowest BCUT2D eigenvalue weighted by molar-refractivity contribution is -0.107. The molecule has 2 rings (SSSR count). The Hall–Kier alpha value is -1.12. The third-order valence-corrected chi connectivity index (χ3v) is 2.57. The molecule has 1 aliphatic carbocycles. The first-order chi connectivity index (χ1) is 6.40. The Balaban J connectivity index is 2.07. The van der Waals surface area contributed by atoms with Crippen LogP contribution in [0.25, 0.3) is 0 Å². The summed E-state index contributed by atoms with van der Waals surface area (Å²) in [5.41, 5.74) is 0.761. The molecule has 0 aromatic carbocycles. The molecule has 13 heavy (non-hydrogen) atoms. The van der Waals surface area contributed by atoms with Gasteiger partial charge in [-0.3, -0.25) is 0 Å². The fraction of sp³-hybridized carbons (Fsp3) is 0.600. The minimum absolute atomic E-state index is 0.371. The first-order valence-electron chi connectivity index (χ1n) is 4.78. The van der Waals surface area contributed by atoms with Crippen LogP contribution in [0, 0.1) is 0 Å². The van der Waals surface area contributed by atoms with Crippen molar-refractivity contribution in [2.45, 2.75) is 38.0 Å². The number of aldehydes is 1. The summed E-state index contributed by atoms with van der Waals surface area (Å²) in [5, 5.41) is 0. The van der Waals surface area contributed by atoms with E-state index in [0.717, 1.165) is 17.9 Å². The maximum Gasteiger partial charge on any atom is 0.197 e. The summed E-state index contributed by atoms with van der Waals surface area (Å²) in [6.07, 6.45) is 7.74. The highest BCUT2D eigenvalue weighted by atomic mass is 16.3. The first kappa shape index (κ1) is 8.48. The fourth-order valence-electron chi connectivity index (χ4n) is 1.86. The molecular formula is C10H13NO2. The van der Waals surface area contributed by atoms with E-state index in [1.165, 1.54) is 25.7 Å². The molecule has 1 heterocycles. The number of oxazole rings is 1. The van der Waals surface area contributed by atoms with Crippen molar-refractivity contribution in [3.05, 3.63) is 17.8 Å². The van der Waals surface area contributed by atoms with Crippen molar-refractivity contribution >= 4 is 6.29 Å². The molecule has 0 spiro atoms. The Morgan fingerprint density at radius 1 is 1.54 bits per heavy atom. The van der Waals surface area contributed by atoms with Gasteiger partial charge < -0.3 is 9.21 Å². The summed E-state index contributed by atoms with van der Waals surface area (Å²) in [7, 11) is 0. The second-order valence-electron chi connectivity index (χ2n) is 3.53. The van der Waals surface area contributed by atoms with Crippen LogP contribution < -0.4 is 0 Å². The van der Waals surface area contributed by atoms with Gasteiger partial charge >= 0.3 is 0 Å². The van der Waals surface area contributed by atoms with Crippen molar-refractivity contribution in [2.24, 2.45) is 0 Å². The number of nitrogens with zero attached hydrogens (tertiary/aromatic N) is 1. The molecule has 0 atom stereocenters. The zero-order valence-corrected chi connectivity index (χ0v) is 7.53. The smallest absolute Gasteiger partial charge is 0.197 e. The van der Waals surface area contributed by atoms with Gasteiger partial charge in [0.2, 0.25) is 0 Å². The minimum atomic E-state index is 0.371. The van der Waals surface area contributed by atoms with E-state index in [4.69, 9.17) is 4.42 Å². The summed E-state index contributed by atoms with van der Waals surface area (Å²) in [4.78, 5) is 14.5. The monoisotopic (exact) mass is 179 g/mol. The van der Waals surface area contributed by atoms with Crippen LogP contribution in [-0.2, 0) is 11.2 Å². The van der Waals surface area contributed by atoms with Gasteiger partial charge in [-0.25, -0.2) is 4.98 Å². The molecule has 3 heteroatoms. The van der Waals surface area contributed by atoms with E-state index in [0.29, 0.717) is 12.3 Å². The van der Waals surface area contributed by atoms with Crippen molar-refractivity contribution in [2.75, 3.05) is 0 Å². The number of aromatic nitrogens is 1. The molecule has 70 valence electrons. The molecular weight excluding hydrogens is 166 g/mol. The van der Waals surface area contributed by atoms with Crippen molar-refractivity contribution in [3.8, 4) is 0 Å². The van der Waals surface area contributed by atoms with Gasteiger partial charge in [0.25, 0.3) is 0 Å². The summed E-state index contributed by atoms with van der Waals surface area (Å²) in [5.74, 6) is 1.33. The summed E-state index contributed by atoms with van der Waals surface area (Å²) in [6.45, 7) is 0. The van der Waals surface area contributed by atoms with Crippen LogP contribution in [0.15, 0.2) is 10.7 Å². The predicted molar refractivity (Wildman–Crippen MR) is 47.5 cm³/mol. The van der Waals surface area contributed by atoms with Gasteiger partial charge in [-0.15, -0.1) is 0 Å². The van der Waals surface area contributed by atoms with E-state index in [9.17, 15) is 4.79 Å². The van der Waals surface area contributed by atoms with Crippen LogP contribution in [0.4, 0.5) is 0 Å². The summed E-state index contributed by atoms with van der Waals surface area (Å²) in [6, 6.07) is 0. The third-order valence-electron chi connectivity index (χ3n) is 2.57. The average molecular weight is 179 g/mol. The van der Waals surface area contributed by atoms with Gasteiger partial charge in [0.1, 0.15) is 12.5 Å². The molecule has 0 aliphatic heterocycles. The van der Waals surface area contributed by atoms with Crippen molar-refractivity contribution in [3.63, 3.8) is 0 Å². The van der Waals surface area contributed by atoms with Gasteiger partial charge in [-0.1, -0.05) is 12.8 Å². The Kier molecular flexibility index (Phi) is 2.43. The first-order valence-corrected chi connectivity index (χ1v) is 4.78.